The summed E-state index contributed by atoms with van der Waals surface area (Å²) in [6, 6.07) is 4.17. The van der Waals surface area contributed by atoms with Gasteiger partial charge in [-0.05, 0) is 23.4 Å². The fourth-order valence-corrected chi connectivity index (χ4v) is 1.30. The van der Waals surface area contributed by atoms with Gasteiger partial charge in [0.2, 0.25) is 0 Å². The van der Waals surface area contributed by atoms with Gasteiger partial charge in [-0.3, -0.25) is 0 Å². The Balaban J connectivity index is 3.12. The van der Waals surface area contributed by atoms with Gasteiger partial charge in [0, 0.05) is 10.0 Å². The van der Waals surface area contributed by atoms with E-state index in [-0.39, 0.29) is 5.56 Å². The number of rotatable bonds is 2. The summed E-state index contributed by atoms with van der Waals surface area (Å²) < 4.78 is 13.6. The fraction of sp³-hybridized carbons (Fsp3) is 0.143. The van der Waals surface area contributed by atoms with Gasteiger partial charge in [-0.2, -0.15) is 0 Å². The average Bonchev–Trinajstić information content (AvgIpc) is 2.08. The molecule has 0 amide bonds. The molecule has 1 aromatic rings. The molecule has 0 saturated heterocycles. The molecule has 1 unspecified atom stereocenters. The topological polar surface area (TPSA) is 29.4 Å². The third-order valence-electron chi connectivity index (χ3n) is 1.31. The Labute approximate surface area is 81.8 Å². The smallest absolute Gasteiger partial charge is 0.193 e. The van der Waals surface area contributed by atoms with Gasteiger partial charge in [0.1, 0.15) is 5.82 Å². The molecule has 1 rings (SSSR count). The zero-order valence-corrected chi connectivity index (χ0v) is 8.14. The van der Waals surface area contributed by atoms with Crippen molar-refractivity contribution in [2.24, 2.45) is 5.18 Å². The van der Waals surface area contributed by atoms with E-state index in [4.69, 9.17) is 11.6 Å². The van der Waals surface area contributed by atoms with Gasteiger partial charge in [-0.25, -0.2) is 4.39 Å². The minimum atomic E-state index is -1.16. The van der Waals surface area contributed by atoms with Crippen molar-refractivity contribution in [3.8, 4) is 0 Å². The quantitative estimate of drug-likeness (QED) is 0.449. The molecule has 5 heteroatoms. The van der Waals surface area contributed by atoms with Crippen LogP contribution < -0.4 is 0 Å². The van der Waals surface area contributed by atoms with E-state index in [1.807, 2.05) is 0 Å². The third-order valence-corrected chi connectivity index (χ3v) is 2.12. The van der Waals surface area contributed by atoms with Crippen LogP contribution >= 0.6 is 27.5 Å². The second-order valence-corrected chi connectivity index (χ2v) is 3.44. The van der Waals surface area contributed by atoms with Crippen LogP contribution in [0.3, 0.4) is 0 Å². The highest BCUT2D eigenvalue weighted by atomic mass is 79.9. The number of hydrogen-bond acceptors (Lipinski definition) is 2. The summed E-state index contributed by atoms with van der Waals surface area (Å²) in [6.07, 6.45) is 0. The summed E-state index contributed by atoms with van der Waals surface area (Å²) in [5.74, 6) is -0.530. The molecule has 2 nitrogen and oxygen atoms in total. The van der Waals surface area contributed by atoms with Crippen molar-refractivity contribution in [3.63, 3.8) is 0 Å². The van der Waals surface area contributed by atoms with Gasteiger partial charge in [0.05, 0.1) is 0 Å². The number of nitrogens with zero attached hydrogens (tertiary/aromatic N) is 1. The lowest BCUT2D eigenvalue weighted by Crippen LogP contribution is -1.90. The van der Waals surface area contributed by atoms with E-state index in [0.717, 1.165) is 0 Å². The Morgan fingerprint density at radius 2 is 2.25 bits per heavy atom. The molecule has 1 atom stereocenters. The van der Waals surface area contributed by atoms with E-state index >= 15 is 0 Å². The second kappa shape index (κ2) is 3.96. The van der Waals surface area contributed by atoms with Crippen molar-refractivity contribution >= 4 is 27.5 Å². The average molecular weight is 252 g/mol. The van der Waals surface area contributed by atoms with E-state index in [1.165, 1.54) is 18.2 Å². The molecule has 0 heterocycles. The predicted molar refractivity (Wildman–Crippen MR) is 48.5 cm³/mol. The predicted octanol–water partition coefficient (Wildman–Crippen LogP) is 3.59. The molecule has 12 heavy (non-hydrogen) atoms. The van der Waals surface area contributed by atoms with Gasteiger partial charge in [-0.15, -0.1) is 4.91 Å². The van der Waals surface area contributed by atoms with E-state index in [0.29, 0.717) is 4.47 Å². The van der Waals surface area contributed by atoms with Crippen molar-refractivity contribution in [2.45, 2.75) is 5.50 Å². The van der Waals surface area contributed by atoms with E-state index in [1.54, 1.807) is 0 Å². The molecule has 64 valence electrons. The molecule has 0 saturated carbocycles. The maximum atomic E-state index is 12.9. The van der Waals surface area contributed by atoms with Crippen LogP contribution in [0.1, 0.15) is 11.1 Å². The largest absolute Gasteiger partial charge is 0.207 e. The molecule has 0 aromatic heterocycles. The van der Waals surface area contributed by atoms with Crippen molar-refractivity contribution in [1.29, 1.82) is 0 Å². The highest BCUT2D eigenvalue weighted by Gasteiger charge is 2.12. The standard InChI is InChI=1S/C7H4BrClFNO/c8-4-1-2-6(10)5(3-4)7(9)11-12/h1-3,7H. The maximum absolute atomic E-state index is 12.9. The summed E-state index contributed by atoms with van der Waals surface area (Å²) in [7, 11) is 0. The molecular weight excluding hydrogens is 248 g/mol. The molecule has 1 aromatic carbocycles. The lowest BCUT2D eigenvalue weighted by atomic mass is 10.2. The van der Waals surface area contributed by atoms with Gasteiger partial charge in [0.25, 0.3) is 0 Å². The molecule has 0 spiro atoms. The fourth-order valence-electron chi connectivity index (χ4n) is 0.754. The van der Waals surface area contributed by atoms with Crippen molar-refractivity contribution in [3.05, 3.63) is 39.0 Å². The first-order valence-corrected chi connectivity index (χ1v) is 4.29. The third kappa shape index (κ3) is 2.01. The summed E-state index contributed by atoms with van der Waals surface area (Å²) in [4.78, 5) is 10.0. The minimum Gasteiger partial charge on any atom is -0.207 e. The Morgan fingerprint density at radius 3 is 2.83 bits per heavy atom. The molecule has 0 aliphatic rings. The normalized spacial score (nSPS) is 12.6. The molecular formula is C7H4BrClFNO. The lowest BCUT2D eigenvalue weighted by molar-refractivity contribution is 0.608. The summed E-state index contributed by atoms with van der Waals surface area (Å²) in [5.41, 5.74) is -1.08. The monoisotopic (exact) mass is 251 g/mol. The van der Waals surface area contributed by atoms with Crippen LogP contribution in [0.5, 0.6) is 0 Å². The maximum Gasteiger partial charge on any atom is 0.193 e. The Kier molecular flexibility index (Phi) is 3.17. The van der Waals surface area contributed by atoms with Crippen LogP contribution in [0, 0.1) is 10.7 Å². The van der Waals surface area contributed by atoms with Gasteiger partial charge >= 0.3 is 0 Å². The van der Waals surface area contributed by atoms with Gasteiger partial charge in [-0.1, -0.05) is 27.5 Å². The Hall–Kier alpha value is -0.480. The van der Waals surface area contributed by atoms with Crippen molar-refractivity contribution in [1.82, 2.24) is 0 Å². The SMILES string of the molecule is O=NC(Cl)c1cc(Br)ccc1F. The molecule has 0 radical (unpaired) electrons. The van der Waals surface area contributed by atoms with E-state index in [9.17, 15) is 9.30 Å². The molecule has 0 aliphatic carbocycles. The van der Waals surface area contributed by atoms with Crippen LogP contribution in [0.15, 0.2) is 27.8 Å². The van der Waals surface area contributed by atoms with Crippen molar-refractivity contribution in [2.75, 3.05) is 0 Å². The number of benzene rings is 1. The number of alkyl halides is 1. The van der Waals surface area contributed by atoms with Crippen LogP contribution in [0.2, 0.25) is 0 Å². The number of halogens is 3. The highest BCUT2D eigenvalue weighted by molar-refractivity contribution is 9.10. The summed E-state index contributed by atoms with van der Waals surface area (Å²) >= 11 is 8.55. The van der Waals surface area contributed by atoms with Gasteiger partial charge < -0.3 is 0 Å². The first-order chi connectivity index (χ1) is 5.65. The van der Waals surface area contributed by atoms with Crippen LogP contribution in [0.4, 0.5) is 4.39 Å². The van der Waals surface area contributed by atoms with Crippen LogP contribution in [0.25, 0.3) is 0 Å². The Morgan fingerprint density at radius 1 is 1.58 bits per heavy atom. The summed E-state index contributed by atoms with van der Waals surface area (Å²) in [6.45, 7) is 0. The molecule has 0 aliphatic heterocycles. The molecule has 0 bridgehead atoms. The minimum absolute atomic E-state index is 0.0843. The first-order valence-electron chi connectivity index (χ1n) is 3.06. The second-order valence-electron chi connectivity index (χ2n) is 2.11. The summed E-state index contributed by atoms with van der Waals surface area (Å²) in [5, 5.41) is 2.52. The molecule has 0 N–H and O–H groups in total. The Bertz CT molecular complexity index is 307. The van der Waals surface area contributed by atoms with E-state index in [2.05, 4.69) is 21.1 Å². The van der Waals surface area contributed by atoms with Crippen LogP contribution in [-0.2, 0) is 0 Å². The van der Waals surface area contributed by atoms with Crippen LogP contribution in [-0.4, -0.2) is 0 Å². The molecule has 0 fully saturated rings. The lowest BCUT2D eigenvalue weighted by Gasteiger charge is -2.02. The highest BCUT2D eigenvalue weighted by Crippen LogP contribution is 2.26. The van der Waals surface area contributed by atoms with E-state index < -0.39 is 11.3 Å². The number of nitroso groups, excluding NO2 is 1. The number of hydrogen-bond donors (Lipinski definition) is 0. The zero-order chi connectivity index (χ0) is 9.14. The first kappa shape index (κ1) is 9.61. The van der Waals surface area contributed by atoms with Crippen molar-refractivity contribution < 1.29 is 4.39 Å². The van der Waals surface area contributed by atoms with Gasteiger partial charge in [0.15, 0.2) is 5.50 Å². The zero-order valence-electron chi connectivity index (χ0n) is 5.80.